The van der Waals surface area contributed by atoms with E-state index in [1.807, 2.05) is 24.3 Å². The summed E-state index contributed by atoms with van der Waals surface area (Å²) < 4.78 is 5.52. The highest BCUT2D eigenvalue weighted by Crippen LogP contribution is 2.54. The molecule has 11 heteroatoms. The number of aliphatic hydroxyl groups excluding tert-OH is 2. The molecule has 3 aromatic rings. The Labute approximate surface area is 271 Å². The molecular formula is C36H37N3O8. The fourth-order valence-corrected chi connectivity index (χ4v) is 8.23. The minimum absolute atomic E-state index is 0.0279. The minimum atomic E-state index is -2.68. The second kappa shape index (κ2) is 11.3. The number of ether oxygens (including phenoxy) is 1. The first kappa shape index (κ1) is 31.1. The van der Waals surface area contributed by atoms with Gasteiger partial charge in [0.1, 0.15) is 22.8 Å². The number of amides is 1. The molecule has 11 nitrogen and oxygen atoms in total. The average molecular weight is 640 g/mol. The number of carbonyl (C=O) groups is 3. The number of primary amides is 1. The second-order valence-corrected chi connectivity index (χ2v) is 13.2. The Hall–Kier alpha value is -4.55. The number of phenols is 1. The topological polar surface area (TPSA) is 174 Å². The van der Waals surface area contributed by atoms with Gasteiger partial charge in [-0.25, -0.2) is 0 Å². The lowest BCUT2D eigenvalue weighted by molar-refractivity contribution is -0.153. The van der Waals surface area contributed by atoms with Crippen LogP contribution in [0.5, 0.6) is 5.75 Å². The van der Waals surface area contributed by atoms with Gasteiger partial charge in [-0.15, -0.1) is 0 Å². The maximum Gasteiger partial charge on any atom is 0.255 e. The third-order valence-electron chi connectivity index (χ3n) is 10.4. The molecule has 244 valence electrons. The molecule has 1 heterocycles. The average Bonchev–Trinajstić information content (AvgIpc) is 3.03. The van der Waals surface area contributed by atoms with E-state index in [2.05, 4.69) is 17.0 Å². The van der Waals surface area contributed by atoms with Crippen LogP contribution in [0.2, 0.25) is 0 Å². The molecule has 1 amide bonds. The number of hydrogen-bond donors (Lipinski definition) is 5. The fraction of sp³-hybridized carbons (Fsp3) is 0.361. The number of aromatic hydroxyl groups is 1. The summed E-state index contributed by atoms with van der Waals surface area (Å²) in [4.78, 5) is 43.7. The molecule has 4 aliphatic rings. The number of nitrogens with zero attached hydrogens (tertiary/aromatic N) is 2. The molecule has 0 aromatic heterocycles. The maximum absolute atomic E-state index is 14.2. The van der Waals surface area contributed by atoms with E-state index in [0.29, 0.717) is 18.8 Å². The largest absolute Gasteiger partial charge is 0.508 e. The van der Waals surface area contributed by atoms with Crippen LogP contribution in [-0.4, -0.2) is 99.7 Å². The number of Topliss-reactive ketones (excluding diaryl/α,β-unsaturated/α-hetero) is 2. The molecule has 0 bridgehead atoms. The van der Waals surface area contributed by atoms with Crippen molar-refractivity contribution in [2.75, 3.05) is 40.4 Å². The smallest absolute Gasteiger partial charge is 0.255 e. The fourth-order valence-electron chi connectivity index (χ4n) is 8.23. The molecule has 1 saturated carbocycles. The predicted molar refractivity (Wildman–Crippen MR) is 173 cm³/mol. The van der Waals surface area contributed by atoms with Crippen molar-refractivity contribution in [1.82, 2.24) is 9.80 Å². The van der Waals surface area contributed by atoms with Gasteiger partial charge in [0.2, 0.25) is 5.78 Å². The SMILES string of the molecule is CN(C)[C@@H]1C(=O)C(C(N)=O)=C(O)[C@@]2(O)C(=O)C3=C(O)c4c(O)ccc(-c5ccc(CN6CCOCC6)c6ccccc56)c4C[C@H]3C[C@H]12. The quantitative estimate of drug-likeness (QED) is 0.261. The lowest BCUT2D eigenvalue weighted by atomic mass is 9.57. The van der Waals surface area contributed by atoms with E-state index in [1.54, 1.807) is 20.2 Å². The Balaban J connectivity index is 1.37. The van der Waals surface area contributed by atoms with Crippen LogP contribution >= 0.6 is 0 Å². The van der Waals surface area contributed by atoms with Crippen molar-refractivity contribution in [2.24, 2.45) is 17.6 Å². The van der Waals surface area contributed by atoms with Crippen LogP contribution in [0.3, 0.4) is 0 Å². The number of benzene rings is 3. The minimum Gasteiger partial charge on any atom is -0.508 e. The van der Waals surface area contributed by atoms with Gasteiger partial charge >= 0.3 is 0 Å². The van der Waals surface area contributed by atoms with E-state index >= 15 is 0 Å². The van der Waals surface area contributed by atoms with Crippen LogP contribution in [0.1, 0.15) is 23.1 Å². The summed E-state index contributed by atoms with van der Waals surface area (Å²) >= 11 is 0. The molecule has 0 unspecified atom stereocenters. The molecule has 0 radical (unpaired) electrons. The van der Waals surface area contributed by atoms with Crippen LogP contribution in [0, 0.1) is 11.8 Å². The van der Waals surface area contributed by atoms with E-state index in [0.717, 1.165) is 41.5 Å². The van der Waals surface area contributed by atoms with Crippen molar-refractivity contribution in [3.63, 3.8) is 0 Å². The number of hydrogen-bond acceptors (Lipinski definition) is 10. The van der Waals surface area contributed by atoms with Crippen LogP contribution in [0.25, 0.3) is 27.7 Å². The van der Waals surface area contributed by atoms with Gasteiger partial charge in [0, 0.05) is 31.1 Å². The molecule has 6 N–H and O–H groups in total. The number of rotatable bonds is 5. The number of aliphatic hydroxyl groups is 3. The lowest BCUT2D eigenvalue weighted by Crippen LogP contribution is -2.65. The summed E-state index contributed by atoms with van der Waals surface area (Å²) in [7, 11) is 3.16. The summed E-state index contributed by atoms with van der Waals surface area (Å²) in [6.45, 7) is 3.86. The Morgan fingerprint density at radius 3 is 2.36 bits per heavy atom. The molecule has 4 atom stereocenters. The number of carbonyl (C=O) groups excluding carboxylic acids is 3. The summed E-state index contributed by atoms with van der Waals surface area (Å²) in [5.74, 6) is -6.72. The van der Waals surface area contributed by atoms with Crippen molar-refractivity contribution in [2.45, 2.75) is 31.0 Å². The number of phenolic OH excluding ortho intramolecular Hbond substituents is 1. The van der Waals surface area contributed by atoms with E-state index in [9.17, 15) is 34.8 Å². The zero-order valence-electron chi connectivity index (χ0n) is 26.2. The zero-order valence-corrected chi connectivity index (χ0v) is 26.2. The first-order valence-electron chi connectivity index (χ1n) is 15.8. The van der Waals surface area contributed by atoms with Crippen LogP contribution < -0.4 is 5.73 Å². The zero-order chi connectivity index (χ0) is 33.4. The van der Waals surface area contributed by atoms with Crippen molar-refractivity contribution < 1.29 is 39.5 Å². The number of nitrogens with two attached hydrogens (primary N) is 1. The first-order valence-corrected chi connectivity index (χ1v) is 15.8. The molecular weight excluding hydrogens is 602 g/mol. The van der Waals surface area contributed by atoms with E-state index in [4.69, 9.17) is 10.5 Å². The maximum atomic E-state index is 14.2. The third-order valence-corrected chi connectivity index (χ3v) is 10.4. The first-order chi connectivity index (χ1) is 22.4. The number of morpholine rings is 1. The number of ketones is 2. The number of likely N-dealkylation sites (N-methyl/N-ethyl adjacent to an activating group) is 1. The van der Waals surface area contributed by atoms with Gasteiger partial charge in [-0.05, 0) is 71.9 Å². The van der Waals surface area contributed by atoms with E-state index < -0.39 is 58.0 Å². The van der Waals surface area contributed by atoms with Crippen molar-refractivity contribution in [1.29, 1.82) is 0 Å². The molecule has 47 heavy (non-hydrogen) atoms. The Morgan fingerprint density at radius 1 is 1.00 bits per heavy atom. The van der Waals surface area contributed by atoms with E-state index in [1.165, 1.54) is 16.5 Å². The molecule has 3 aliphatic carbocycles. The van der Waals surface area contributed by atoms with Gasteiger partial charge in [-0.3, -0.25) is 24.2 Å². The molecule has 1 aliphatic heterocycles. The van der Waals surface area contributed by atoms with Crippen LogP contribution in [0.15, 0.2) is 65.4 Å². The van der Waals surface area contributed by atoms with Gasteiger partial charge in [0.25, 0.3) is 5.91 Å². The molecule has 2 fully saturated rings. The van der Waals surface area contributed by atoms with Crippen molar-refractivity contribution in [3.8, 4) is 16.9 Å². The van der Waals surface area contributed by atoms with E-state index in [-0.39, 0.29) is 29.7 Å². The highest BCUT2D eigenvalue weighted by molar-refractivity contribution is 6.24. The molecule has 1 saturated heterocycles. The predicted octanol–water partition coefficient (Wildman–Crippen LogP) is 2.62. The van der Waals surface area contributed by atoms with Gasteiger partial charge in [0.15, 0.2) is 11.4 Å². The summed E-state index contributed by atoms with van der Waals surface area (Å²) in [5.41, 5.74) is 5.27. The monoisotopic (exact) mass is 639 g/mol. The van der Waals surface area contributed by atoms with Gasteiger partial charge in [-0.1, -0.05) is 42.5 Å². The second-order valence-electron chi connectivity index (χ2n) is 13.2. The summed E-state index contributed by atoms with van der Waals surface area (Å²) in [6, 6.07) is 14.4. The standard InChI is InChI=1S/C36H37N3O8/c1-38(2)30-25-16-19-15-24-23(22-8-7-18(17-39-11-13-47-14-12-39)20-5-3-4-6-21(20)22)9-10-26(40)28(24)31(41)27(19)33(43)36(25,46)34(44)29(32(30)42)35(37)45/h3-10,19,25,30,40-41,44,46H,11-17H2,1-2H3,(H2,37,45)/t19-,25+,30-,36-/m0/s1. The highest BCUT2D eigenvalue weighted by atomic mass is 16.5. The Bertz CT molecular complexity index is 1920. The molecule has 0 spiro atoms. The van der Waals surface area contributed by atoms with Crippen molar-refractivity contribution >= 4 is 34.0 Å². The normalized spacial score (nSPS) is 26.4. The molecule has 7 rings (SSSR count). The van der Waals surface area contributed by atoms with Crippen molar-refractivity contribution in [3.05, 3.63) is 82.1 Å². The van der Waals surface area contributed by atoms with Crippen LogP contribution in [-0.2, 0) is 32.1 Å². The van der Waals surface area contributed by atoms with Gasteiger partial charge < -0.3 is 30.9 Å². The van der Waals surface area contributed by atoms with Gasteiger partial charge in [0.05, 0.1) is 24.8 Å². The summed E-state index contributed by atoms with van der Waals surface area (Å²) in [6.07, 6.45) is 0.238. The third kappa shape index (κ3) is 4.60. The highest BCUT2D eigenvalue weighted by Gasteiger charge is 2.64. The number of fused-ring (bicyclic) bond motifs is 4. The molecule has 3 aromatic carbocycles. The summed E-state index contributed by atoms with van der Waals surface area (Å²) in [5, 5.41) is 47.8. The Kier molecular flexibility index (Phi) is 7.47. The van der Waals surface area contributed by atoms with Gasteiger partial charge in [-0.2, -0.15) is 0 Å². The Morgan fingerprint density at radius 2 is 1.68 bits per heavy atom. The van der Waals surface area contributed by atoms with Crippen LogP contribution in [0.4, 0.5) is 0 Å². The lowest BCUT2D eigenvalue weighted by Gasteiger charge is -2.50.